The molecular weight excluding hydrogens is 368 g/mol. The number of anilines is 2. The van der Waals surface area contributed by atoms with Crippen molar-refractivity contribution in [1.29, 1.82) is 0 Å². The fourth-order valence-corrected chi connectivity index (χ4v) is 3.45. The fourth-order valence-electron chi connectivity index (χ4n) is 3.45. The van der Waals surface area contributed by atoms with Gasteiger partial charge in [0, 0.05) is 43.6 Å². The molecule has 2 heterocycles. The van der Waals surface area contributed by atoms with E-state index in [4.69, 9.17) is 4.74 Å². The van der Waals surface area contributed by atoms with Gasteiger partial charge in [0.2, 0.25) is 0 Å². The molecule has 1 saturated heterocycles. The molecule has 154 valence electrons. The van der Waals surface area contributed by atoms with Crippen LogP contribution in [-0.2, 0) is 11.2 Å². The van der Waals surface area contributed by atoms with Gasteiger partial charge < -0.3 is 19.9 Å². The van der Waals surface area contributed by atoms with E-state index in [0.717, 1.165) is 29.1 Å². The average molecular weight is 396 g/mol. The summed E-state index contributed by atoms with van der Waals surface area (Å²) in [7, 11) is 0. The Labute approximate surface area is 171 Å². The summed E-state index contributed by atoms with van der Waals surface area (Å²) in [6.45, 7) is 8.68. The number of aryl methyl sites for hydroxylation is 2. The summed E-state index contributed by atoms with van der Waals surface area (Å²) in [5, 5.41) is 3.06. The van der Waals surface area contributed by atoms with Crippen molar-refractivity contribution >= 4 is 23.5 Å². The Morgan fingerprint density at radius 2 is 1.90 bits per heavy atom. The second-order valence-corrected chi connectivity index (χ2v) is 6.99. The minimum absolute atomic E-state index is 0.150. The highest BCUT2D eigenvalue weighted by Crippen LogP contribution is 2.23. The van der Waals surface area contributed by atoms with Crippen LogP contribution in [0, 0.1) is 6.92 Å². The van der Waals surface area contributed by atoms with Crippen LogP contribution in [0.3, 0.4) is 0 Å². The average Bonchev–Trinajstić information content (AvgIpc) is 2.75. The van der Waals surface area contributed by atoms with E-state index in [9.17, 15) is 9.59 Å². The number of hydrogen-bond acceptors (Lipinski definition) is 5. The van der Waals surface area contributed by atoms with Crippen molar-refractivity contribution < 1.29 is 14.3 Å². The normalized spacial score (nSPS) is 13.9. The summed E-state index contributed by atoms with van der Waals surface area (Å²) < 4.78 is 5.06. The predicted octanol–water partition coefficient (Wildman–Crippen LogP) is 3.48. The number of para-hydroxylation sites is 1. The van der Waals surface area contributed by atoms with E-state index in [0.29, 0.717) is 38.3 Å². The van der Waals surface area contributed by atoms with Gasteiger partial charge in [0.15, 0.2) is 0 Å². The number of nitrogens with one attached hydrogen (secondary N) is 1. The van der Waals surface area contributed by atoms with E-state index in [1.165, 1.54) is 0 Å². The highest BCUT2D eigenvalue weighted by atomic mass is 16.6. The molecule has 1 N–H and O–H groups in total. The van der Waals surface area contributed by atoms with Crippen LogP contribution in [0.25, 0.3) is 0 Å². The standard InChI is InChI=1S/C22H28N4O3/c1-4-17-8-6-7-16(3)20(17)24-21(27)18-9-10-23-19(15-18)25-11-13-26(14-12-25)22(28)29-5-2/h6-10,15H,4-5,11-14H2,1-3H3,(H,24,27). The summed E-state index contributed by atoms with van der Waals surface area (Å²) in [6, 6.07) is 9.56. The lowest BCUT2D eigenvalue weighted by atomic mass is 10.1. The summed E-state index contributed by atoms with van der Waals surface area (Å²) in [6.07, 6.45) is 2.22. The zero-order valence-corrected chi connectivity index (χ0v) is 17.3. The van der Waals surface area contributed by atoms with Crippen molar-refractivity contribution in [2.75, 3.05) is 43.0 Å². The third kappa shape index (κ3) is 4.85. The Bertz CT molecular complexity index is 876. The van der Waals surface area contributed by atoms with E-state index in [-0.39, 0.29) is 12.0 Å². The monoisotopic (exact) mass is 396 g/mol. The number of nitrogens with zero attached hydrogens (tertiary/aromatic N) is 3. The van der Waals surface area contributed by atoms with Gasteiger partial charge in [-0.3, -0.25) is 4.79 Å². The molecule has 2 amide bonds. The number of carbonyl (C=O) groups excluding carboxylic acids is 2. The van der Waals surface area contributed by atoms with Gasteiger partial charge >= 0.3 is 6.09 Å². The zero-order chi connectivity index (χ0) is 20.8. The smallest absolute Gasteiger partial charge is 0.409 e. The highest BCUT2D eigenvalue weighted by molar-refractivity contribution is 6.05. The molecule has 3 rings (SSSR count). The van der Waals surface area contributed by atoms with E-state index < -0.39 is 0 Å². The highest BCUT2D eigenvalue weighted by Gasteiger charge is 2.23. The lowest BCUT2D eigenvalue weighted by Gasteiger charge is -2.34. The molecule has 1 aromatic carbocycles. The topological polar surface area (TPSA) is 74.8 Å². The first-order chi connectivity index (χ1) is 14.0. The van der Waals surface area contributed by atoms with Crippen LogP contribution in [0.1, 0.15) is 35.3 Å². The van der Waals surface area contributed by atoms with Crippen molar-refractivity contribution in [1.82, 2.24) is 9.88 Å². The summed E-state index contributed by atoms with van der Waals surface area (Å²) in [4.78, 5) is 32.9. The molecule has 0 aliphatic carbocycles. The van der Waals surface area contributed by atoms with E-state index >= 15 is 0 Å². The quantitative estimate of drug-likeness (QED) is 0.837. The van der Waals surface area contributed by atoms with Gasteiger partial charge in [-0.25, -0.2) is 9.78 Å². The largest absolute Gasteiger partial charge is 0.450 e. The number of pyridine rings is 1. The van der Waals surface area contributed by atoms with Gasteiger partial charge in [-0.05, 0) is 43.5 Å². The van der Waals surface area contributed by atoms with E-state index in [1.807, 2.05) is 25.1 Å². The van der Waals surface area contributed by atoms with Crippen LogP contribution in [0.4, 0.5) is 16.3 Å². The molecule has 0 spiro atoms. The van der Waals surface area contributed by atoms with Gasteiger partial charge in [0.05, 0.1) is 6.61 Å². The maximum atomic E-state index is 12.9. The minimum Gasteiger partial charge on any atom is -0.450 e. The Kier molecular flexibility index (Phi) is 6.69. The summed E-state index contributed by atoms with van der Waals surface area (Å²) in [5.74, 6) is 0.587. The van der Waals surface area contributed by atoms with Crippen LogP contribution in [0.15, 0.2) is 36.5 Å². The first-order valence-electron chi connectivity index (χ1n) is 10.1. The van der Waals surface area contributed by atoms with Gasteiger partial charge in [-0.2, -0.15) is 0 Å². The molecule has 2 aromatic rings. The van der Waals surface area contributed by atoms with Crippen LogP contribution >= 0.6 is 0 Å². The molecule has 1 aromatic heterocycles. The number of ether oxygens (including phenoxy) is 1. The lowest BCUT2D eigenvalue weighted by Crippen LogP contribution is -2.49. The molecule has 0 bridgehead atoms. The number of rotatable bonds is 5. The van der Waals surface area contributed by atoms with Crippen molar-refractivity contribution in [3.05, 3.63) is 53.2 Å². The van der Waals surface area contributed by atoms with Crippen LogP contribution < -0.4 is 10.2 Å². The SMILES string of the molecule is CCOC(=O)N1CCN(c2cc(C(=O)Nc3c(C)cccc3CC)ccn2)CC1. The molecule has 0 atom stereocenters. The van der Waals surface area contributed by atoms with Crippen LogP contribution in [-0.4, -0.2) is 54.7 Å². The Morgan fingerprint density at radius 1 is 1.14 bits per heavy atom. The molecule has 7 heteroatoms. The van der Waals surface area contributed by atoms with Gasteiger partial charge in [0.1, 0.15) is 5.82 Å². The van der Waals surface area contributed by atoms with Gasteiger partial charge in [-0.1, -0.05) is 25.1 Å². The molecule has 0 unspecified atom stereocenters. The van der Waals surface area contributed by atoms with E-state index in [1.54, 1.807) is 30.2 Å². The Balaban J connectivity index is 1.69. The lowest BCUT2D eigenvalue weighted by molar-refractivity contribution is 0.102. The third-order valence-electron chi connectivity index (χ3n) is 5.12. The fraction of sp³-hybridized carbons (Fsp3) is 0.409. The third-order valence-corrected chi connectivity index (χ3v) is 5.12. The number of aromatic nitrogens is 1. The zero-order valence-electron chi connectivity index (χ0n) is 17.3. The number of carbonyl (C=O) groups is 2. The number of benzene rings is 1. The van der Waals surface area contributed by atoms with Crippen molar-refractivity contribution in [2.45, 2.75) is 27.2 Å². The van der Waals surface area contributed by atoms with Crippen LogP contribution in [0.2, 0.25) is 0 Å². The summed E-state index contributed by atoms with van der Waals surface area (Å²) >= 11 is 0. The Hall–Kier alpha value is -3.09. The van der Waals surface area contributed by atoms with Crippen molar-refractivity contribution in [3.8, 4) is 0 Å². The first kappa shape index (κ1) is 20.6. The maximum absolute atomic E-state index is 12.9. The van der Waals surface area contributed by atoms with Gasteiger partial charge in [0.25, 0.3) is 5.91 Å². The Morgan fingerprint density at radius 3 is 2.59 bits per heavy atom. The molecular formula is C22H28N4O3. The molecule has 0 saturated carbocycles. The van der Waals surface area contributed by atoms with Crippen molar-refractivity contribution in [3.63, 3.8) is 0 Å². The number of hydrogen-bond donors (Lipinski definition) is 1. The van der Waals surface area contributed by atoms with E-state index in [2.05, 4.69) is 22.1 Å². The van der Waals surface area contributed by atoms with Gasteiger partial charge in [-0.15, -0.1) is 0 Å². The number of piperazine rings is 1. The molecule has 1 fully saturated rings. The first-order valence-corrected chi connectivity index (χ1v) is 10.1. The predicted molar refractivity (Wildman–Crippen MR) is 114 cm³/mol. The summed E-state index contributed by atoms with van der Waals surface area (Å²) in [5.41, 5.74) is 3.60. The number of amides is 2. The molecule has 0 radical (unpaired) electrons. The molecule has 7 nitrogen and oxygen atoms in total. The molecule has 1 aliphatic rings. The second kappa shape index (κ2) is 9.41. The van der Waals surface area contributed by atoms with Crippen molar-refractivity contribution in [2.24, 2.45) is 0 Å². The van der Waals surface area contributed by atoms with Crippen LogP contribution in [0.5, 0.6) is 0 Å². The molecule has 1 aliphatic heterocycles. The molecule has 29 heavy (non-hydrogen) atoms. The minimum atomic E-state index is -0.279. The second-order valence-electron chi connectivity index (χ2n) is 6.99. The maximum Gasteiger partial charge on any atom is 0.409 e.